The molecule has 1 aliphatic rings. The number of H-pyrrole nitrogens is 1. The number of aromatic nitrogens is 2. The normalized spacial score (nSPS) is 22.2. The Labute approximate surface area is 126 Å². The standard InChI is InChI=1S/C15H17FN4O2/c16-9-7-12(14(17)21)20(8-9)6-5-13-18-11-4-2-1-3-10(11)15(22)19-13/h1-4,9,12H,5-8H2,(H2,17,21)(H,18,19,22)/t9-,12+/m1/s1. The molecule has 0 radical (unpaired) electrons. The zero-order valence-corrected chi connectivity index (χ0v) is 12.0. The van der Waals surface area contributed by atoms with Gasteiger partial charge in [0, 0.05) is 25.9 Å². The summed E-state index contributed by atoms with van der Waals surface area (Å²) in [6, 6.07) is 6.50. The quantitative estimate of drug-likeness (QED) is 0.853. The van der Waals surface area contributed by atoms with Crippen LogP contribution in [0.1, 0.15) is 12.2 Å². The Kier molecular flexibility index (Phi) is 3.89. The van der Waals surface area contributed by atoms with Crippen LogP contribution in [0.3, 0.4) is 0 Å². The number of benzene rings is 1. The van der Waals surface area contributed by atoms with E-state index in [2.05, 4.69) is 9.97 Å². The molecule has 6 nitrogen and oxygen atoms in total. The number of nitrogens with zero attached hydrogens (tertiary/aromatic N) is 2. The summed E-state index contributed by atoms with van der Waals surface area (Å²) in [5.41, 5.74) is 5.72. The number of para-hydroxylation sites is 1. The second-order valence-electron chi connectivity index (χ2n) is 5.53. The van der Waals surface area contributed by atoms with Gasteiger partial charge in [0.05, 0.1) is 16.9 Å². The van der Waals surface area contributed by atoms with E-state index in [0.717, 1.165) is 0 Å². The van der Waals surface area contributed by atoms with Crippen LogP contribution in [0.25, 0.3) is 10.9 Å². The van der Waals surface area contributed by atoms with Crippen LogP contribution in [0.5, 0.6) is 0 Å². The topological polar surface area (TPSA) is 92.1 Å². The van der Waals surface area contributed by atoms with Crippen molar-refractivity contribution in [1.82, 2.24) is 14.9 Å². The van der Waals surface area contributed by atoms with Crippen molar-refractivity contribution in [3.05, 3.63) is 40.4 Å². The number of halogens is 1. The summed E-state index contributed by atoms with van der Waals surface area (Å²) in [5, 5.41) is 0.534. The largest absolute Gasteiger partial charge is 0.368 e. The smallest absolute Gasteiger partial charge is 0.258 e. The lowest BCUT2D eigenvalue weighted by atomic mass is 10.2. The number of alkyl halides is 1. The molecule has 1 fully saturated rings. The Hall–Kier alpha value is -2.28. The van der Waals surface area contributed by atoms with E-state index < -0.39 is 18.1 Å². The highest BCUT2D eigenvalue weighted by atomic mass is 19.1. The molecule has 2 atom stereocenters. The Morgan fingerprint density at radius 3 is 3.00 bits per heavy atom. The lowest BCUT2D eigenvalue weighted by Gasteiger charge is -2.20. The van der Waals surface area contributed by atoms with Gasteiger partial charge in [-0.25, -0.2) is 9.37 Å². The fourth-order valence-corrected chi connectivity index (χ4v) is 2.89. The number of amides is 1. The van der Waals surface area contributed by atoms with Crippen molar-refractivity contribution >= 4 is 16.8 Å². The van der Waals surface area contributed by atoms with Crippen LogP contribution < -0.4 is 11.3 Å². The highest BCUT2D eigenvalue weighted by Gasteiger charge is 2.35. The molecule has 1 aromatic heterocycles. The van der Waals surface area contributed by atoms with Crippen molar-refractivity contribution in [2.75, 3.05) is 13.1 Å². The van der Waals surface area contributed by atoms with Crippen LogP contribution >= 0.6 is 0 Å². The maximum absolute atomic E-state index is 13.5. The molecule has 7 heteroatoms. The zero-order chi connectivity index (χ0) is 15.7. The average molecular weight is 304 g/mol. The fraction of sp³-hybridized carbons (Fsp3) is 0.400. The van der Waals surface area contributed by atoms with Crippen molar-refractivity contribution in [3.8, 4) is 0 Å². The van der Waals surface area contributed by atoms with E-state index in [1.807, 2.05) is 6.07 Å². The van der Waals surface area contributed by atoms with Crippen LogP contribution in [0.2, 0.25) is 0 Å². The molecule has 1 amide bonds. The number of carbonyl (C=O) groups is 1. The molecule has 1 saturated heterocycles. The van der Waals surface area contributed by atoms with E-state index in [4.69, 9.17) is 5.73 Å². The highest BCUT2D eigenvalue weighted by molar-refractivity contribution is 5.80. The van der Waals surface area contributed by atoms with Gasteiger partial charge in [-0.2, -0.15) is 0 Å². The number of hydrogen-bond donors (Lipinski definition) is 2. The second kappa shape index (κ2) is 5.84. The number of nitrogens with one attached hydrogen (secondary N) is 1. The molecule has 22 heavy (non-hydrogen) atoms. The Bertz CT molecular complexity index is 761. The van der Waals surface area contributed by atoms with Gasteiger partial charge in [0.25, 0.3) is 5.56 Å². The first kappa shape index (κ1) is 14.6. The molecule has 2 aromatic rings. The van der Waals surface area contributed by atoms with Crippen LogP contribution in [-0.2, 0) is 11.2 Å². The van der Waals surface area contributed by atoms with E-state index >= 15 is 0 Å². The summed E-state index contributed by atoms with van der Waals surface area (Å²) in [4.78, 5) is 32.1. The van der Waals surface area contributed by atoms with Crippen molar-refractivity contribution in [1.29, 1.82) is 0 Å². The van der Waals surface area contributed by atoms with Gasteiger partial charge in [0.1, 0.15) is 12.0 Å². The molecule has 3 rings (SSSR count). The van der Waals surface area contributed by atoms with Crippen LogP contribution in [0, 0.1) is 0 Å². The first-order valence-corrected chi connectivity index (χ1v) is 7.20. The molecule has 1 aromatic carbocycles. The summed E-state index contributed by atoms with van der Waals surface area (Å²) < 4.78 is 13.5. The maximum atomic E-state index is 13.5. The van der Waals surface area contributed by atoms with E-state index in [1.54, 1.807) is 23.1 Å². The first-order chi connectivity index (χ1) is 10.5. The number of fused-ring (bicyclic) bond motifs is 1. The third-order valence-electron chi connectivity index (χ3n) is 3.98. The molecule has 2 heterocycles. The molecule has 0 aliphatic carbocycles. The Morgan fingerprint density at radius 2 is 2.23 bits per heavy atom. The van der Waals surface area contributed by atoms with E-state index in [1.165, 1.54) is 0 Å². The second-order valence-corrected chi connectivity index (χ2v) is 5.53. The number of rotatable bonds is 4. The van der Waals surface area contributed by atoms with Crippen molar-refractivity contribution in [2.45, 2.75) is 25.1 Å². The summed E-state index contributed by atoms with van der Waals surface area (Å²) in [6.45, 7) is 0.612. The fourth-order valence-electron chi connectivity index (χ4n) is 2.89. The molecular formula is C15H17FN4O2. The van der Waals surface area contributed by atoms with Crippen molar-refractivity contribution < 1.29 is 9.18 Å². The SMILES string of the molecule is NC(=O)[C@@H]1C[C@@H](F)CN1CCc1nc2ccccc2c(=O)[nH]1. The van der Waals surface area contributed by atoms with Gasteiger partial charge >= 0.3 is 0 Å². The average Bonchev–Trinajstić information content (AvgIpc) is 2.86. The Morgan fingerprint density at radius 1 is 1.45 bits per heavy atom. The molecule has 0 spiro atoms. The first-order valence-electron chi connectivity index (χ1n) is 7.20. The van der Waals surface area contributed by atoms with Gasteiger partial charge in [-0.05, 0) is 12.1 Å². The molecule has 116 valence electrons. The lowest BCUT2D eigenvalue weighted by Crippen LogP contribution is -2.41. The predicted octanol–water partition coefficient (Wildman–Crippen LogP) is 0.363. The Balaban J connectivity index is 1.76. The summed E-state index contributed by atoms with van der Waals surface area (Å²) >= 11 is 0. The minimum absolute atomic E-state index is 0.136. The number of primary amides is 1. The molecule has 0 bridgehead atoms. The van der Waals surface area contributed by atoms with E-state index in [0.29, 0.717) is 29.7 Å². The third-order valence-corrected chi connectivity index (χ3v) is 3.98. The van der Waals surface area contributed by atoms with Gasteiger partial charge in [-0.1, -0.05) is 12.1 Å². The summed E-state index contributed by atoms with van der Waals surface area (Å²) in [6.07, 6.45) is -0.478. The number of hydrogen-bond acceptors (Lipinski definition) is 4. The van der Waals surface area contributed by atoms with Crippen molar-refractivity contribution in [2.24, 2.45) is 5.73 Å². The summed E-state index contributed by atoms with van der Waals surface area (Å²) in [7, 11) is 0. The minimum atomic E-state index is -1.04. The van der Waals surface area contributed by atoms with Gasteiger partial charge in [0.15, 0.2) is 0 Å². The number of likely N-dealkylation sites (tertiary alicyclic amines) is 1. The molecule has 1 aliphatic heterocycles. The zero-order valence-electron chi connectivity index (χ0n) is 12.0. The molecule has 0 saturated carbocycles. The minimum Gasteiger partial charge on any atom is -0.368 e. The number of aromatic amines is 1. The summed E-state index contributed by atoms with van der Waals surface area (Å²) in [5.74, 6) is 0.00865. The number of nitrogens with two attached hydrogens (primary N) is 1. The predicted molar refractivity (Wildman–Crippen MR) is 80.1 cm³/mol. The van der Waals surface area contributed by atoms with E-state index in [9.17, 15) is 14.0 Å². The van der Waals surface area contributed by atoms with Crippen LogP contribution in [0.15, 0.2) is 29.1 Å². The third kappa shape index (κ3) is 2.85. The van der Waals surface area contributed by atoms with Crippen LogP contribution in [-0.4, -0.2) is 46.1 Å². The molecule has 3 N–H and O–H groups in total. The van der Waals surface area contributed by atoms with E-state index in [-0.39, 0.29) is 18.5 Å². The van der Waals surface area contributed by atoms with Crippen molar-refractivity contribution in [3.63, 3.8) is 0 Å². The van der Waals surface area contributed by atoms with Crippen LogP contribution in [0.4, 0.5) is 4.39 Å². The highest BCUT2D eigenvalue weighted by Crippen LogP contribution is 2.20. The lowest BCUT2D eigenvalue weighted by molar-refractivity contribution is -0.122. The van der Waals surface area contributed by atoms with Gasteiger partial charge in [-0.15, -0.1) is 0 Å². The van der Waals surface area contributed by atoms with Gasteiger partial charge < -0.3 is 10.7 Å². The maximum Gasteiger partial charge on any atom is 0.258 e. The molecular weight excluding hydrogens is 287 g/mol. The van der Waals surface area contributed by atoms with Gasteiger partial charge in [-0.3, -0.25) is 14.5 Å². The van der Waals surface area contributed by atoms with Gasteiger partial charge in [0.2, 0.25) is 5.91 Å². The number of carbonyl (C=O) groups excluding carboxylic acids is 1. The molecule has 0 unspecified atom stereocenters. The monoisotopic (exact) mass is 304 g/mol.